The molecule has 0 radical (unpaired) electrons. The Morgan fingerprint density at radius 2 is 1.91 bits per heavy atom. The monoisotopic (exact) mass is 457 g/mol. The normalized spacial score (nSPS) is 17.6. The molecule has 0 aliphatic heterocycles. The van der Waals surface area contributed by atoms with Gasteiger partial charge in [-0.25, -0.2) is 4.79 Å². The van der Waals surface area contributed by atoms with Crippen LogP contribution in [0.25, 0.3) is 22.5 Å². The summed E-state index contributed by atoms with van der Waals surface area (Å²) in [7, 11) is 0. The molecule has 0 saturated heterocycles. The molecule has 0 amide bonds. The molecule has 1 N–H and O–H groups in total. The number of benzene rings is 1. The van der Waals surface area contributed by atoms with Crippen molar-refractivity contribution in [3.63, 3.8) is 0 Å². The molecule has 3 heterocycles. The van der Waals surface area contributed by atoms with Crippen molar-refractivity contribution in [2.75, 3.05) is 0 Å². The van der Waals surface area contributed by atoms with E-state index in [2.05, 4.69) is 57.8 Å². The number of aryl methyl sites for hydroxylation is 1. The summed E-state index contributed by atoms with van der Waals surface area (Å²) >= 11 is 0. The maximum Gasteiger partial charge on any atom is 0.328 e. The first-order chi connectivity index (χ1) is 16.7. The second kappa shape index (κ2) is 9.75. The highest BCUT2D eigenvalue weighted by Crippen LogP contribution is 2.40. The number of imidazole rings is 1. The Labute approximate surface area is 199 Å². The predicted octanol–water partition coefficient (Wildman–Crippen LogP) is 4.64. The summed E-state index contributed by atoms with van der Waals surface area (Å²) in [4.78, 5) is 17.9. The van der Waals surface area contributed by atoms with Gasteiger partial charge in [0, 0.05) is 35.9 Å². The first-order valence-electron chi connectivity index (χ1n) is 12.3. The SMILES string of the molecule is CCCCc1cn(C2CCC2CC)c(=O)n1Cc1cnccc1-c1ccc(-c2nn[nH]n2)cc1. The Bertz CT molecular complexity index is 1290. The second-order valence-electron chi connectivity index (χ2n) is 9.16. The smallest absolute Gasteiger partial charge is 0.296 e. The molecule has 2 unspecified atom stereocenters. The highest BCUT2D eigenvalue weighted by Gasteiger charge is 2.32. The molecular formula is C26H31N7O. The van der Waals surface area contributed by atoms with Gasteiger partial charge in [-0.15, -0.1) is 10.2 Å². The van der Waals surface area contributed by atoms with Gasteiger partial charge in [0.2, 0.25) is 5.82 Å². The lowest BCUT2D eigenvalue weighted by Crippen LogP contribution is -2.36. The number of rotatable bonds is 9. The van der Waals surface area contributed by atoms with Gasteiger partial charge in [-0.05, 0) is 59.6 Å². The maximum atomic E-state index is 13.6. The fraction of sp³-hybridized carbons (Fsp3) is 0.423. The Kier molecular flexibility index (Phi) is 6.38. The van der Waals surface area contributed by atoms with Gasteiger partial charge in [0.25, 0.3) is 0 Å². The molecule has 1 aliphatic rings. The van der Waals surface area contributed by atoms with Gasteiger partial charge in [0.15, 0.2) is 0 Å². The fourth-order valence-corrected chi connectivity index (χ4v) is 4.99. The van der Waals surface area contributed by atoms with Crippen LogP contribution in [-0.4, -0.2) is 34.7 Å². The van der Waals surface area contributed by atoms with E-state index in [1.807, 2.05) is 33.5 Å². The number of pyridine rings is 1. The molecule has 3 aromatic heterocycles. The van der Waals surface area contributed by atoms with Crippen molar-refractivity contribution in [3.05, 3.63) is 70.7 Å². The summed E-state index contributed by atoms with van der Waals surface area (Å²) < 4.78 is 3.98. The third-order valence-corrected chi connectivity index (χ3v) is 7.16. The second-order valence-corrected chi connectivity index (χ2v) is 9.16. The van der Waals surface area contributed by atoms with Gasteiger partial charge in [0.05, 0.1) is 6.54 Å². The fourth-order valence-electron chi connectivity index (χ4n) is 4.99. The minimum absolute atomic E-state index is 0.108. The largest absolute Gasteiger partial charge is 0.328 e. The van der Waals surface area contributed by atoms with Crippen molar-refractivity contribution < 1.29 is 0 Å². The molecule has 1 aromatic carbocycles. The van der Waals surface area contributed by atoms with Crippen LogP contribution in [0.5, 0.6) is 0 Å². The van der Waals surface area contributed by atoms with Crippen LogP contribution in [0.1, 0.15) is 63.3 Å². The molecule has 5 rings (SSSR count). The zero-order chi connectivity index (χ0) is 23.5. The van der Waals surface area contributed by atoms with E-state index in [4.69, 9.17) is 0 Å². The van der Waals surface area contributed by atoms with Crippen molar-refractivity contribution in [1.29, 1.82) is 0 Å². The summed E-state index contributed by atoms with van der Waals surface area (Å²) in [5.41, 5.74) is 5.30. The molecule has 1 saturated carbocycles. The summed E-state index contributed by atoms with van der Waals surface area (Å²) in [6, 6.07) is 10.4. The number of aromatic nitrogens is 7. The van der Waals surface area contributed by atoms with Crippen molar-refractivity contribution in [3.8, 4) is 22.5 Å². The Morgan fingerprint density at radius 3 is 2.59 bits per heavy atom. The van der Waals surface area contributed by atoms with Crippen LogP contribution in [0.4, 0.5) is 0 Å². The number of unbranched alkanes of at least 4 members (excludes halogenated alkanes) is 1. The number of hydrogen-bond donors (Lipinski definition) is 1. The topological polar surface area (TPSA) is 94.3 Å². The number of tetrazole rings is 1. The van der Waals surface area contributed by atoms with Gasteiger partial charge < -0.3 is 0 Å². The molecular weight excluding hydrogens is 426 g/mol. The van der Waals surface area contributed by atoms with Crippen LogP contribution in [0.2, 0.25) is 0 Å². The van der Waals surface area contributed by atoms with Crippen LogP contribution in [-0.2, 0) is 13.0 Å². The molecule has 8 nitrogen and oxygen atoms in total. The molecule has 1 fully saturated rings. The molecule has 34 heavy (non-hydrogen) atoms. The number of nitrogens with one attached hydrogen (secondary N) is 1. The average Bonchev–Trinajstić information content (AvgIpc) is 3.48. The van der Waals surface area contributed by atoms with Crippen molar-refractivity contribution in [1.82, 2.24) is 34.7 Å². The minimum atomic E-state index is 0.108. The molecule has 2 atom stereocenters. The first-order valence-corrected chi connectivity index (χ1v) is 12.3. The lowest BCUT2D eigenvalue weighted by molar-refractivity contribution is 0.171. The van der Waals surface area contributed by atoms with Crippen LogP contribution in [0.3, 0.4) is 0 Å². The van der Waals surface area contributed by atoms with E-state index in [0.717, 1.165) is 60.1 Å². The number of aromatic amines is 1. The van der Waals surface area contributed by atoms with Gasteiger partial charge in [-0.1, -0.05) is 51.0 Å². The number of nitrogens with zero attached hydrogens (tertiary/aromatic N) is 6. The highest BCUT2D eigenvalue weighted by molar-refractivity contribution is 5.69. The van der Waals surface area contributed by atoms with E-state index in [0.29, 0.717) is 24.3 Å². The van der Waals surface area contributed by atoms with Crippen LogP contribution < -0.4 is 5.69 Å². The van der Waals surface area contributed by atoms with E-state index < -0.39 is 0 Å². The predicted molar refractivity (Wildman–Crippen MR) is 131 cm³/mol. The van der Waals surface area contributed by atoms with E-state index in [1.54, 1.807) is 6.20 Å². The van der Waals surface area contributed by atoms with Gasteiger partial charge in [-0.2, -0.15) is 5.21 Å². The third kappa shape index (κ3) is 4.20. The molecule has 1 aliphatic carbocycles. The minimum Gasteiger partial charge on any atom is -0.296 e. The number of hydrogen-bond acceptors (Lipinski definition) is 5. The van der Waals surface area contributed by atoms with Crippen LogP contribution >= 0.6 is 0 Å². The maximum absolute atomic E-state index is 13.6. The lowest BCUT2D eigenvalue weighted by Gasteiger charge is -2.36. The summed E-state index contributed by atoms with van der Waals surface area (Å²) in [5, 5.41) is 14.2. The summed E-state index contributed by atoms with van der Waals surface area (Å²) in [6.07, 6.45) is 12.3. The molecule has 4 aromatic rings. The standard InChI is InChI=1S/C26H31N7O/c1-3-5-6-22-17-33(24-12-11-18(24)4-2)26(34)32(22)16-21-15-27-14-13-23(21)19-7-9-20(10-8-19)25-28-30-31-29-25/h7-10,13-15,17-18,24H,3-6,11-12,16H2,1-2H3,(H,28,29,30,31). The van der Waals surface area contributed by atoms with Crippen molar-refractivity contribution in [2.45, 2.75) is 65.0 Å². The number of H-pyrrole nitrogens is 1. The van der Waals surface area contributed by atoms with Crippen LogP contribution in [0.15, 0.2) is 53.7 Å². The third-order valence-electron chi connectivity index (χ3n) is 7.16. The van der Waals surface area contributed by atoms with E-state index >= 15 is 0 Å². The Hall–Kier alpha value is -3.55. The van der Waals surface area contributed by atoms with Gasteiger partial charge in [0.1, 0.15) is 0 Å². The van der Waals surface area contributed by atoms with E-state index in [9.17, 15) is 4.79 Å². The Balaban J connectivity index is 1.48. The molecule has 0 bridgehead atoms. The quantitative estimate of drug-likeness (QED) is 0.395. The van der Waals surface area contributed by atoms with Gasteiger partial charge >= 0.3 is 5.69 Å². The molecule has 176 valence electrons. The van der Waals surface area contributed by atoms with Crippen LogP contribution in [0, 0.1) is 5.92 Å². The summed E-state index contributed by atoms with van der Waals surface area (Å²) in [6.45, 7) is 4.93. The molecule has 0 spiro atoms. The average molecular weight is 458 g/mol. The zero-order valence-corrected chi connectivity index (χ0v) is 19.8. The zero-order valence-electron chi connectivity index (χ0n) is 19.8. The highest BCUT2D eigenvalue weighted by atomic mass is 16.1. The Morgan fingerprint density at radius 1 is 1.09 bits per heavy atom. The lowest BCUT2D eigenvalue weighted by atomic mass is 9.78. The summed E-state index contributed by atoms with van der Waals surface area (Å²) in [5.74, 6) is 1.18. The first kappa shape index (κ1) is 22.3. The molecule has 8 heteroatoms. The van der Waals surface area contributed by atoms with E-state index in [-0.39, 0.29) is 5.69 Å². The van der Waals surface area contributed by atoms with Crippen molar-refractivity contribution in [2.24, 2.45) is 5.92 Å². The van der Waals surface area contributed by atoms with Gasteiger partial charge in [-0.3, -0.25) is 14.1 Å². The van der Waals surface area contributed by atoms with E-state index in [1.165, 1.54) is 6.42 Å². The van der Waals surface area contributed by atoms with Crippen molar-refractivity contribution >= 4 is 0 Å².